The van der Waals surface area contributed by atoms with Crippen molar-refractivity contribution < 1.29 is 31.8 Å². The van der Waals surface area contributed by atoms with Gasteiger partial charge in [-0.3, -0.25) is 0 Å². The van der Waals surface area contributed by atoms with E-state index in [0.29, 0.717) is 5.56 Å². The van der Waals surface area contributed by atoms with Crippen molar-refractivity contribution in [3.05, 3.63) is 60.2 Å². The maximum Gasteiger partial charge on any atom is 0.480 e. The smallest absolute Gasteiger partial charge is 0.339 e. The Kier molecular flexibility index (Phi) is 8.54. The van der Waals surface area contributed by atoms with Crippen molar-refractivity contribution in [2.45, 2.75) is 12.8 Å². The Labute approximate surface area is 117 Å². The van der Waals surface area contributed by atoms with Gasteiger partial charge in [-0.2, -0.15) is 30.3 Å². The average Bonchev–Trinajstić information content (AvgIpc) is 2.99. The Hall–Kier alpha value is -1.64. The summed E-state index contributed by atoms with van der Waals surface area (Å²) in [5, 5.41) is 8.42. The van der Waals surface area contributed by atoms with Gasteiger partial charge in [0, 0.05) is 23.5 Å². The molecule has 0 unspecified atom stereocenters. The first-order valence-electron chi connectivity index (χ1n) is 5.35. The van der Waals surface area contributed by atoms with Crippen LogP contribution in [-0.4, -0.2) is 21.7 Å². The third-order valence-electron chi connectivity index (χ3n) is 2.12. The van der Waals surface area contributed by atoms with Crippen molar-refractivity contribution in [3.8, 4) is 0 Å². The molecule has 0 saturated carbocycles. The van der Waals surface area contributed by atoms with Crippen LogP contribution in [0.4, 0.5) is 0 Å². The van der Waals surface area contributed by atoms with E-state index in [1.807, 2.05) is 30.3 Å². The molecule has 0 radical (unpaired) electrons. The number of ketones is 1. The molecule has 3 nitrogen and oxygen atoms in total. The Balaban J connectivity index is 0.000000405. The Morgan fingerprint density at radius 1 is 1.11 bits per heavy atom. The molecule has 0 atom stereocenters. The van der Waals surface area contributed by atoms with Crippen molar-refractivity contribution in [2.75, 3.05) is 0 Å². The van der Waals surface area contributed by atoms with Gasteiger partial charge in [0.2, 0.25) is 0 Å². The number of rotatable bonds is 4. The zero-order chi connectivity index (χ0) is 12.5. The minimum atomic E-state index is -0.685. The van der Waals surface area contributed by atoms with Gasteiger partial charge in [-0.25, -0.2) is 24.3 Å². The number of Topliss-reactive ketones (excluding diaryl/α,β-unsaturated/α-hetero) is 1. The molecule has 0 aliphatic heterocycles. The van der Waals surface area contributed by atoms with Crippen LogP contribution >= 0.6 is 0 Å². The van der Waals surface area contributed by atoms with Crippen LogP contribution in [0.2, 0.25) is 0 Å². The standard InChI is InChI=1S/C9H9O3.C5H5.Fe/c10-8(5-6-9(11)12)7-3-1-2-4-7;1-2-4-5-3-1;/h1-4H,5-6H2,(H,11,12);1-5H;/q2*-1;/p+1. The molecule has 98 valence electrons. The molecule has 0 bridgehead atoms. The first kappa shape index (κ1) is 16.4. The second kappa shape index (κ2) is 9.40. The predicted octanol–water partition coefficient (Wildman–Crippen LogP) is 2.83. The third-order valence-corrected chi connectivity index (χ3v) is 2.12. The van der Waals surface area contributed by atoms with Crippen LogP contribution < -0.4 is 0 Å². The first-order chi connectivity index (χ1) is 8.20. The molecular formula is C14H15FeO3-. The number of carbonyl (C=O) groups excluding carboxylic acids is 1. The number of aliphatic hydroxyl groups excluding tert-OH is 1. The van der Waals surface area contributed by atoms with Crippen LogP contribution in [0.1, 0.15) is 23.2 Å². The van der Waals surface area contributed by atoms with Gasteiger partial charge in [0.15, 0.2) is 0 Å². The summed E-state index contributed by atoms with van der Waals surface area (Å²) < 4.78 is 0. The van der Waals surface area contributed by atoms with Gasteiger partial charge < -0.3 is 14.7 Å². The van der Waals surface area contributed by atoms with E-state index in [4.69, 9.17) is 9.90 Å². The predicted molar refractivity (Wildman–Crippen MR) is 67.2 cm³/mol. The van der Waals surface area contributed by atoms with E-state index >= 15 is 0 Å². The van der Waals surface area contributed by atoms with E-state index < -0.39 is 5.97 Å². The molecule has 2 N–H and O–H groups in total. The fraction of sp³-hybridized carbons (Fsp3) is 0.143. The molecule has 18 heavy (non-hydrogen) atoms. The largest absolute Gasteiger partial charge is 0.480 e. The van der Waals surface area contributed by atoms with Gasteiger partial charge >= 0.3 is 5.97 Å². The molecule has 0 heterocycles. The topological polar surface area (TPSA) is 58.7 Å². The molecule has 2 rings (SSSR count). The maximum atomic E-state index is 11.2. The fourth-order valence-electron chi connectivity index (χ4n) is 1.25. The van der Waals surface area contributed by atoms with Crippen molar-refractivity contribution in [1.29, 1.82) is 0 Å². The monoisotopic (exact) mass is 287 g/mol. The minimum absolute atomic E-state index is 0. The molecule has 2 aromatic carbocycles. The molecule has 0 aliphatic carbocycles. The Morgan fingerprint density at radius 3 is 2.06 bits per heavy atom. The molecule has 4 heteroatoms. The fourth-order valence-corrected chi connectivity index (χ4v) is 1.25. The van der Waals surface area contributed by atoms with E-state index in [-0.39, 0.29) is 35.7 Å². The molecule has 2 aromatic rings. The van der Waals surface area contributed by atoms with Gasteiger partial charge in [0.1, 0.15) is 12.2 Å². The number of hydrogen-bond acceptors (Lipinski definition) is 1. The Bertz CT molecular complexity index is 412. The zero-order valence-electron chi connectivity index (χ0n) is 9.77. The SMILES string of the molecule is O=C(CCC(O)=[OH+])[c-]1cccc1.[Fe].c1cc[cH-]c1. The van der Waals surface area contributed by atoms with Crippen molar-refractivity contribution >= 4 is 11.8 Å². The second-order valence-electron chi connectivity index (χ2n) is 3.48. The summed E-state index contributed by atoms with van der Waals surface area (Å²) in [6.07, 6.45) is 0.163. The van der Waals surface area contributed by atoms with E-state index in [1.54, 1.807) is 24.3 Å². The average molecular weight is 287 g/mol. The van der Waals surface area contributed by atoms with E-state index in [2.05, 4.69) is 0 Å². The van der Waals surface area contributed by atoms with Crippen LogP contribution in [0.5, 0.6) is 0 Å². The molecule has 0 aliphatic rings. The maximum absolute atomic E-state index is 11.2. The van der Waals surface area contributed by atoms with Crippen LogP contribution in [0.15, 0.2) is 54.6 Å². The molecule has 0 saturated heterocycles. The van der Waals surface area contributed by atoms with Crippen LogP contribution in [-0.2, 0) is 17.1 Å². The summed E-state index contributed by atoms with van der Waals surface area (Å²) >= 11 is 0. The first-order valence-corrected chi connectivity index (χ1v) is 5.35. The summed E-state index contributed by atoms with van der Waals surface area (Å²) in [4.78, 5) is 19.6. The van der Waals surface area contributed by atoms with Gasteiger partial charge in [0.05, 0.1) is 0 Å². The van der Waals surface area contributed by atoms with Crippen LogP contribution in [0, 0.1) is 0 Å². The molecule has 0 fully saturated rings. The van der Waals surface area contributed by atoms with Crippen LogP contribution in [0.25, 0.3) is 0 Å². The van der Waals surface area contributed by atoms with E-state index in [0.717, 1.165) is 0 Å². The zero-order valence-corrected chi connectivity index (χ0v) is 10.9. The number of carbonyl (C=O) groups is 1. The number of carboxylic acids is 1. The molecule has 0 amide bonds. The van der Waals surface area contributed by atoms with Crippen molar-refractivity contribution in [2.24, 2.45) is 0 Å². The van der Waals surface area contributed by atoms with E-state index in [1.165, 1.54) is 0 Å². The summed E-state index contributed by atoms with van der Waals surface area (Å²) in [6.45, 7) is 0. The van der Waals surface area contributed by atoms with Gasteiger partial charge in [-0.1, -0.05) is 5.56 Å². The third kappa shape index (κ3) is 6.84. The molecule has 0 spiro atoms. The summed E-state index contributed by atoms with van der Waals surface area (Å²) in [7, 11) is 0. The van der Waals surface area contributed by atoms with Crippen LogP contribution in [0.3, 0.4) is 0 Å². The molecular weight excluding hydrogens is 272 g/mol. The summed E-state index contributed by atoms with van der Waals surface area (Å²) in [5.74, 6) is -0.754. The quantitative estimate of drug-likeness (QED) is 0.407. The van der Waals surface area contributed by atoms with Gasteiger partial charge in [-0.05, 0) is 0 Å². The van der Waals surface area contributed by atoms with Gasteiger partial charge in [-0.15, -0.1) is 0 Å². The minimum Gasteiger partial charge on any atom is -0.339 e. The molecule has 0 aromatic heterocycles. The van der Waals surface area contributed by atoms with E-state index in [9.17, 15) is 4.79 Å². The summed E-state index contributed by atoms with van der Waals surface area (Å²) in [6, 6.07) is 17.0. The number of carboxylic acid groups (broad SMARTS) is 1. The Morgan fingerprint density at radius 2 is 1.67 bits per heavy atom. The van der Waals surface area contributed by atoms with Crippen molar-refractivity contribution in [1.82, 2.24) is 0 Å². The number of aliphatic carboxylic acids is 1. The van der Waals surface area contributed by atoms with Gasteiger partial charge in [0.25, 0.3) is 0 Å². The summed E-state index contributed by atoms with van der Waals surface area (Å²) in [5.41, 5.74) is 0.622. The normalized spacial score (nSPS) is 8.67. The second-order valence-corrected chi connectivity index (χ2v) is 3.48. The number of hydrogen-bond donors (Lipinski definition) is 1. The van der Waals surface area contributed by atoms with Crippen molar-refractivity contribution in [3.63, 3.8) is 0 Å².